The quantitative estimate of drug-likeness (QED) is 0.837. The van der Waals surface area contributed by atoms with Crippen molar-refractivity contribution in [2.24, 2.45) is 16.6 Å². The number of ether oxygens (including phenoxy) is 1. The van der Waals surface area contributed by atoms with Crippen LogP contribution in [0, 0.1) is 5.92 Å². The van der Waals surface area contributed by atoms with E-state index in [1.165, 1.54) is 6.20 Å². The van der Waals surface area contributed by atoms with Gasteiger partial charge in [0.15, 0.2) is 0 Å². The summed E-state index contributed by atoms with van der Waals surface area (Å²) in [5.74, 6) is 0.310. The second-order valence-electron chi connectivity index (χ2n) is 6.19. The van der Waals surface area contributed by atoms with Crippen LogP contribution in [0.3, 0.4) is 0 Å². The molecule has 0 spiro atoms. The fourth-order valence-electron chi connectivity index (χ4n) is 1.89. The number of allylic oxidation sites excluding steroid dienone is 1. The summed E-state index contributed by atoms with van der Waals surface area (Å²) in [5.41, 5.74) is 7.09. The Balaban J connectivity index is 2.16. The number of nitrogens with two attached hydrogens (primary N) is 1. The van der Waals surface area contributed by atoms with Crippen LogP contribution < -0.4 is 11.1 Å². The van der Waals surface area contributed by atoms with Gasteiger partial charge in [0, 0.05) is 18.3 Å². The number of rotatable bonds is 4. The van der Waals surface area contributed by atoms with Gasteiger partial charge in [-0.15, -0.1) is 0 Å². The third-order valence-corrected chi connectivity index (χ3v) is 2.94. The van der Waals surface area contributed by atoms with Gasteiger partial charge in [-0.2, -0.15) is 0 Å². The fraction of sp³-hybridized carbons (Fsp3) is 0.438. The molecule has 0 radical (unpaired) electrons. The summed E-state index contributed by atoms with van der Waals surface area (Å²) in [6.07, 6.45) is 6.25. The van der Waals surface area contributed by atoms with E-state index < -0.39 is 11.7 Å². The zero-order valence-corrected chi connectivity index (χ0v) is 13.2. The minimum Gasteiger partial charge on any atom is -0.444 e. The topological polar surface area (TPSA) is 89.6 Å². The van der Waals surface area contributed by atoms with Gasteiger partial charge in [0.2, 0.25) is 0 Å². The smallest absolute Gasteiger partial charge is 0.412 e. The molecule has 0 aliphatic heterocycles. The van der Waals surface area contributed by atoms with E-state index in [0.29, 0.717) is 11.6 Å². The first kappa shape index (κ1) is 16.0. The predicted octanol–water partition coefficient (Wildman–Crippen LogP) is 2.89. The van der Waals surface area contributed by atoms with Gasteiger partial charge in [0.05, 0.1) is 23.3 Å². The van der Waals surface area contributed by atoms with E-state index in [9.17, 15) is 4.79 Å². The van der Waals surface area contributed by atoms with Crippen LogP contribution in [0.1, 0.15) is 33.6 Å². The molecule has 0 saturated heterocycles. The molecule has 1 aliphatic carbocycles. The van der Waals surface area contributed by atoms with Crippen LogP contribution in [0.2, 0.25) is 0 Å². The molecule has 6 nitrogen and oxygen atoms in total. The molecule has 2 rings (SSSR count). The number of pyridine rings is 1. The van der Waals surface area contributed by atoms with E-state index in [2.05, 4.69) is 15.3 Å². The summed E-state index contributed by atoms with van der Waals surface area (Å²) in [4.78, 5) is 20.5. The number of aromatic nitrogens is 1. The van der Waals surface area contributed by atoms with Gasteiger partial charge in [0.1, 0.15) is 5.60 Å². The van der Waals surface area contributed by atoms with E-state index in [1.54, 1.807) is 12.4 Å². The van der Waals surface area contributed by atoms with Crippen LogP contribution >= 0.6 is 0 Å². The van der Waals surface area contributed by atoms with Crippen LogP contribution in [0.5, 0.6) is 0 Å². The number of nitrogens with one attached hydrogen (secondary N) is 1. The third kappa shape index (κ3) is 4.87. The predicted molar refractivity (Wildman–Crippen MR) is 85.7 cm³/mol. The minimum absolute atomic E-state index is 0.310. The van der Waals surface area contributed by atoms with E-state index in [-0.39, 0.29) is 0 Å². The lowest BCUT2D eigenvalue weighted by molar-refractivity contribution is 0.0549. The lowest BCUT2D eigenvalue weighted by atomic mass is 10.2. The van der Waals surface area contributed by atoms with Gasteiger partial charge in [-0.05, 0) is 45.7 Å². The maximum atomic E-state index is 11.9. The number of nitrogens with zero attached hydrogens (tertiary/aromatic N) is 2. The van der Waals surface area contributed by atoms with Gasteiger partial charge in [-0.3, -0.25) is 10.3 Å². The van der Waals surface area contributed by atoms with Crippen molar-refractivity contribution in [3.8, 4) is 0 Å². The molecule has 1 fully saturated rings. The molecule has 0 atom stereocenters. The number of hydrogen-bond donors (Lipinski definition) is 2. The Kier molecular flexibility index (Phi) is 4.80. The molecule has 1 aliphatic rings. The minimum atomic E-state index is -0.565. The Hall–Kier alpha value is -2.37. The summed E-state index contributed by atoms with van der Waals surface area (Å²) in [6, 6.07) is 3.67. The first-order chi connectivity index (χ1) is 10.4. The molecule has 1 aromatic rings. The van der Waals surface area contributed by atoms with Crippen molar-refractivity contribution >= 4 is 17.5 Å². The number of carbonyl (C=O) groups is 1. The molecule has 6 heteroatoms. The van der Waals surface area contributed by atoms with Crippen molar-refractivity contribution in [1.29, 1.82) is 0 Å². The Morgan fingerprint density at radius 1 is 1.50 bits per heavy atom. The summed E-state index contributed by atoms with van der Waals surface area (Å²) < 4.78 is 5.26. The number of aliphatic imine (C=N–C) groups is 1. The molecule has 22 heavy (non-hydrogen) atoms. The number of carbonyl (C=O) groups excluding carboxylic acids is 1. The average Bonchev–Trinajstić information content (AvgIpc) is 3.26. The molecule has 0 aromatic carbocycles. The summed E-state index contributed by atoms with van der Waals surface area (Å²) in [6.45, 7) is 5.43. The van der Waals surface area contributed by atoms with Crippen molar-refractivity contribution in [3.63, 3.8) is 0 Å². The molecular formula is C16H22N4O2. The highest BCUT2D eigenvalue weighted by atomic mass is 16.6. The maximum Gasteiger partial charge on any atom is 0.412 e. The molecule has 0 bridgehead atoms. The van der Waals surface area contributed by atoms with Gasteiger partial charge in [-0.1, -0.05) is 0 Å². The summed E-state index contributed by atoms with van der Waals surface area (Å²) in [7, 11) is 0. The van der Waals surface area contributed by atoms with Crippen molar-refractivity contribution in [3.05, 3.63) is 36.4 Å². The van der Waals surface area contributed by atoms with Gasteiger partial charge >= 0.3 is 6.09 Å². The molecule has 1 saturated carbocycles. The highest BCUT2D eigenvalue weighted by Crippen LogP contribution is 2.34. The highest BCUT2D eigenvalue weighted by Gasteiger charge is 2.31. The average molecular weight is 302 g/mol. The highest BCUT2D eigenvalue weighted by molar-refractivity contribution is 6.06. The largest absolute Gasteiger partial charge is 0.444 e. The van der Waals surface area contributed by atoms with Crippen LogP contribution in [-0.4, -0.2) is 22.4 Å². The lowest BCUT2D eigenvalue weighted by Gasteiger charge is -2.20. The van der Waals surface area contributed by atoms with Crippen molar-refractivity contribution in [2.75, 3.05) is 0 Å². The first-order valence-electron chi connectivity index (χ1n) is 7.30. The monoisotopic (exact) mass is 302 g/mol. The number of alkyl carbamates (subject to hydrolysis) is 1. The van der Waals surface area contributed by atoms with Crippen molar-refractivity contribution < 1.29 is 9.53 Å². The second kappa shape index (κ2) is 6.60. The molecule has 1 aromatic heterocycles. The summed E-state index contributed by atoms with van der Waals surface area (Å²) in [5, 5.41) is 2.69. The lowest BCUT2D eigenvalue weighted by Crippen LogP contribution is -2.35. The van der Waals surface area contributed by atoms with E-state index in [0.717, 1.165) is 24.2 Å². The Morgan fingerprint density at radius 2 is 2.23 bits per heavy atom. The Morgan fingerprint density at radius 3 is 2.73 bits per heavy atom. The SMILES string of the molecule is CC(C)(C)OC(=O)N/C(=C/N)C(=Nc1cccnc1)C1CC1. The Bertz CT molecular complexity index is 584. The zero-order valence-electron chi connectivity index (χ0n) is 13.2. The molecule has 0 unspecified atom stereocenters. The standard InChI is InChI=1S/C16H22N4O2/c1-16(2,3)22-15(21)20-13(9-17)14(11-6-7-11)19-12-5-4-8-18-10-12/h4-5,8-11H,6-7,17H2,1-3H3,(H,20,21)/b13-9+,19-14?. The van der Waals surface area contributed by atoms with Crippen LogP contribution in [0.4, 0.5) is 10.5 Å². The van der Waals surface area contributed by atoms with Crippen LogP contribution in [-0.2, 0) is 4.74 Å². The maximum absolute atomic E-state index is 11.9. The molecular weight excluding hydrogens is 280 g/mol. The first-order valence-corrected chi connectivity index (χ1v) is 7.30. The Labute approximate surface area is 130 Å². The van der Waals surface area contributed by atoms with Crippen molar-refractivity contribution in [2.45, 2.75) is 39.2 Å². The van der Waals surface area contributed by atoms with Gasteiger partial charge < -0.3 is 10.5 Å². The number of amides is 1. The van der Waals surface area contributed by atoms with E-state index in [4.69, 9.17) is 10.5 Å². The molecule has 1 heterocycles. The van der Waals surface area contributed by atoms with Crippen LogP contribution in [0.25, 0.3) is 0 Å². The molecule has 3 N–H and O–H groups in total. The van der Waals surface area contributed by atoms with Gasteiger partial charge in [-0.25, -0.2) is 9.79 Å². The van der Waals surface area contributed by atoms with Gasteiger partial charge in [0.25, 0.3) is 0 Å². The fourth-order valence-corrected chi connectivity index (χ4v) is 1.89. The van der Waals surface area contributed by atoms with E-state index in [1.807, 2.05) is 32.9 Å². The zero-order chi connectivity index (χ0) is 16.2. The van der Waals surface area contributed by atoms with Crippen molar-refractivity contribution in [1.82, 2.24) is 10.3 Å². The molecule has 118 valence electrons. The summed E-state index contributed by atoms with van der Waals surface area (Å²) >= 11 is 0. The second-order valence-corrected chi connectivity index (χ2v) is 6.19. The number of hydrogen-bond acceptors (Lipinski definition) is 5. The third-order valence-electron chi connectivity index (χ3n) is 2.94. The van der Waals surface area contributed by atoms with E-state index >= 15 is 0 Å². The van der Waals surface area contributed by atoms with Crippen LogP contribution in [0.15, 0.2) is 41.4 Å². The molecule has 1 amide bonds. The normalized spacial score (nSPS) is 16.3.